The maximum Gasteiger partial charge on any atom is 0.237 e. The second-order valence-corrected chi connectivity index (χ2v) is 12.9. The summed E-state index contributed by atoms with van der Waals surface area (Å²) in [7, 11) is 0. The van der Waals surface area contributed by atoms with Crippen LogP contribution in [-0.4, -0.2) is 80.7 Å². The lowest BCUT2D eigenvalue weighted by molar-refractivity contribution is -0.138. The van der Waals surface area contributed by atoms with E-state index in [1.807, 2.05) is 9.80 Å². The van der Waals surface area contributed by atoms with E-state index in [4.69, 9.17) is 23.2 Å². The molecule has 0 spiro atoms. The fraction of sp³-hybridized carbons (Fsp3) is 0.917. The maximum absolute atomic E-state index is 12.9. The van der Waals surface area contributed by atoms with E-state index in [0.717, 1.165) is 25.7 Å². The Morgan fingerprint density at radius 2 is 0.906 bits per heavy atom. The molecule has 2 aliphatic heterocycles. The predicted molar refractivity (Wildman–Crippen MR) is 133 cm³/mol. The first-order valence-electron chi connectivity index (χ1n) is 11.8. The molecule has 2 fully saturated rings. The zero-order valence-corrected chi connectivity index (χ0v) is 22.8. The number of hydrogen-bond acceptors (Lipinski definition) is 4. The van der Waals surface area contributed by atoms with Gasteiger partial charge >= 0.3 is 0 Å². The molecular formula is C24H44Cl2N4O2. The van der Waals surface area contributed by atoms with Crippen LogP contribution in [0.3, 0.4) is 0 Å². The quantitative estimate of drug-likeness (QED) is 0.533. The van der Waals surface area contributed by atoms with Crippen molar-refractivity contribution in [2.75, 3.05) is 24.8 Å². The summed E-state index contributed by atoms with van der Waals surface area (Å²) in [5, 5.41) is 7.35. The van der Waals surface area contributed by atoms with Crippen molar-refractivity contribution in [3.05, 3.63) is 0 Å². The van der Waals surface area contributed by atoms with Gasteiger partial charge < -0.3 is 20.4 Å². The van der Waals surface area contributed by atoms with Crippen LogP contribution >= 0.6 is 23.2 Å². The molecule has 2 aliphatic rings. The lowest BCUT2D eigenvalue weighted by Gasteiger charge is -2.51. The molecule has 0 bridgehead atoms. The smallest absolute Gasteiger partial charge is 0.237 e. The molecule has 0 aromatic heterocycles. The average molecular weight is 492 g/mol. The van der Waals surface area contributed by atoms with Crippen molar-refractivity contribution in [3.63, 3.8) is 0 Å². The Balaban J connectivity index is 2.24. The van der Waals surface area contributed by atoms with Crippen molar-refractivity contribution in [1.82, 2.24) is 20.4 Å². The highest BCUT2D eigenvalue weighted by molar-refractivity contribution is 6.27. The highest BCUT2D eigenvalue weighted by Gasteiger charge is 2.43. The predicted octanol–water partition coefficient (Wildman–Crippen LogP) is 3.74. The second kappa shape index (κ2) is 9.97. The standard InChI is InChI=1S/C24H44Cl2N4O2/c1-21(2)11-17(12-22(3,4)27-21)29(19(31)15-25)9-10-30(20(32)16-26)18-13-23(5,6)28-24(7,8)14-18/h17-18,27-28H,9-16H2,1-8H3. The van der Waals surface area contributed by atoms with Crippen LogP contribution < -0.4 is 10.6 Å². The van der Waals surface area contributed by atoms with Gasteiger partial charge in [-0.3, -0.25) is 9.59 Å². The third-order valence-corrected chi connectivity index (χ3v) is 7.13. The molecule has 2 saturated heterocycles. The third-order valence-electron chi connectivity index (χ3n) is 6.67. The summed E-state index contributed by atoms with van der Waals surface area (Å²) in [5.41, 5.74) is -0.365. The summed E-state index contributed by atoms with van der Waals surface area (Å²) >= 11 is 12.0. The fourth-order valence-electron chi connectivity index (χ4n) is 6.37. The minimum Gasteiger partial charge on any atom is -0.337 e. The van der Waals surface area contributed by atoms with Crippen LogP contribution in [0, 0.1) is 0 Å². The Hall–Kier alpha value is -0.560. The van der Waals surface area contributed by atoms with Crippen LogP contribution in [0.4, 0.5) is 0 Å². The molecule has 2 N–H and O–H groups in total. The number of nitrogens with zero attached hydrogens (tertiary/aromatic N) is 2. The summed E-state index contributed by atoms with van der Waals surface area (Å²) < 4.78 is 0. The molecule has 0 aromatic rings. The van der Waals surface area contributed by atoms with Crippen molar-refractivity contribution >= 4 is 35.0 Å². The van der Waals surface area contributed by atoms with Crippen LogP contribution in [0.1, 0.15) is 81.1 Å². The van der Waals surface area contributed by atoms with Gasteiger partial charge in [-0.1, -0.05) is 0 Å². The molecule has 0 atom stereocenters. The number of halogens is 2. The van der Waals surface area contributed by atoms with Crippen molar-refractivity contribution in [1.29, 1.82) is 0 Å². The zero-order chi connectivity index (χ0) is 24.5. The number of carbonyl (C=O) groups is 2. The van der Waals surface area contributed by atoms with Crippen molar-refractivity contribution in [2.24, 2.45) is 0 Å². The second-order valence-electron chi connectivity index (χ2n) is 12.4. The van der Waals surface area contributed by atoms with Gasteiger partial charge in [-0.25, -0.2) is 0 Å². The molecule has 6 nitrogen and oxygen atoms in total. The number of nitrogens with one attached hydrogen (secondary N) is 2. The Kier molecular flexibility index (Phi) is 8.63. The van der Waals surface area contributed by atoms with Crippen LogP contribution in [0.5, 0.6) is 0 Å². The van der Waals surface area contributed by atoms with E-state index in [0.29, 0.717) is 13.1 Å². The van der Waals surface area contributed by atoms with E-state index < -0.39 is 0 Å². The van der Waals surface area contributed by atoms with Gasteiger partial charge in [-0.15, -0.1) is 23.2 Å². The highest BCUT2D eigenvalue weighted by Crippen LogP contribution is 2.33. The number of piperidine rings is 2. The van der Waals surface area contributed by atoms with Gasteiger partial charge in [0, 0.05) is 47.3 Å². The molecule has 2 rings (SSSR count). The number of rotatable bonds is 7. The molecule has 2 amide bonds. The SMILES string of the molecule is CC1(C)CC(N(CCN(C(=O)CCl)C2CC(C)(C)NC(C)(C)C2)C(=O)CCl)CC(C)(C)N1. The molecule has 0 unspecified atom stereocenters. The van der Waals surface area contributed by atoms with Gasteiger partial charge in [0.15, 0.2) is 0 Å². The molecule has 0 radical (unpaired) electrons. The highest BCUT2D eigenvalue weighted by atomic mass is 35.5. The van der Waals surface area contributed by atoms with E-state index in [1.165, 1.54) is 0 Å². The topological polar surface area (TPSA) is 64.7 Å². The van der Waals surface area contributed by atoms with E-state index >= 15 is 0 Å². The summed E-state index contributed by atoms with van der Waals surface area (Å²) in [6.45, 7) is 18.3. The normalized spacial score (nSPS) is 24.7. The maximum atomic E-state index is 12.9. The van der Waals surface area contributed by atoms with Gasteiger partial charge in [-0.05, 0) is 81.1 Å². The lowest BCUT2D eigenvalue weighted by Crippen LogP contribution is -2.65. The van der Waals surface area contributed by atoms with Crippen molar-refractivity contribution < 1.29 is 9.59 Å². The first-order valence-corrected chi connectivity index (χ1v) is 12.9. The summed E-state index contributed by atoms with van der Waals surface area (Å²) in [6, 6.07) is 0.141. The van der Waals surface area contributed by atoms with E-state index in [2.05, 4.69) is 66.0 Å². The molecule has 0 saturated carbocycles. The van der Waals surface area contributed by atoms with Gasteiger partial charge in [-0.2, -0.15) is 0 Å². The first-order chi connectivity index (χ1) is 14.5. The van der Waals surface area contributed by atoms with Gasteiger partial charge in [0.05, 0.1) is 0 Å². The van der Waals surface area contributed by atoms with Gasteiger partial charge in [0.1, 0.15) is 11.8 Å². The summed E-state index contributed by atoms with van der Waals surface area (Å²) in [6.07, 6.45) is 3.37. The van der Waals surface area contributed by atoms with E-state index in [9.17, 15) is 9.59 Å². The molecule has 8 heteroatoms. The zero-order valence-electron chi connectivity index (χ0n) is 21.3. The first kappa shape index (κ1) is 27.7. The monoisotopic (exact) mass is 490 g/mol. The molecule has 2 heterocycles. The molecule has 32 heavy (non-hydrogen) atoms. The Morgan fingerprint density at radius 3 is 1.12 bits per heavy atom. The lowest BCUT2D eigenvalue weighted by atomic mass is 9.78. The number of carbonyl (C=O) groups excluding carboxylic acids is 2. The Morgan fingerprint density at radius 1 is 0.656 bits per heavy atom. The van der Waals surface area contributed by atoms with Crippen LogP contribution in [0.15, 0.2) is 0 Å². The largest absolute Gasteiger partial charge is 0.337 e. The minimum atomic E-state index is -0.0913. The molecular weight excluding hydrogens is 447 g/mol. The van der Waals surface area contributed by atoms with Crippen LogP contribution in [0.25, 0.3) is 0 Å². The molecule has 0 aliphatic carbocycles. The summed E-state index contributed by atoms with van der Waals surface area (Å²) in [4.78, 5) is 29.6. The minimum absolute atomic E-state index is 0.0539. The average Bonchev–Trinajstić information content (AvgIpc) is 2.58. The summed E-state index contributed by atoms with van der Waals surface area (Å²) in [5.74, 6) is -0.257. The fourth-order valence-corrected chi connectivity index (χ4v) is 6.68. The van der Waals surface area contributed by atoms with Crippen molar-refractivity contribution in [3.8, 4) is 0 Å². The Bertz CT molecular complexity index is 603. The van der Waals surface area contributed by atoms with E-state index in [-0.39, 0.29) is 57.8 Å². The van der Waals surface area contributed by atoms with Gasteiger partial charge in [0.25, 0.3) is 0 Å². The van der Waals surface area contributed by atoms with Crippen molar-refractivity contribution in [2.45, 2.75) is 115 Å². The van der Waals surface area contributed by atoms with Crippen LogP contribution in [-0.2, 0) is 9.59 Å². The number of hydrogen-bond donors (Lipinski definition) is 2. The van der Waals surface area contributed by atoms with Gasteiger partial charge in [0.2, 0.25) is 11.8 Å². The molecule has 186 valence electrons. The Labute approximate surface area is 205 Å². The molecule has 0 aromatic carbocycles. The number of alkyl halides is 2. The van der Waals surface area contributed by atoms with Crippen LogP contribution in [0.2, 0.25) is 0 Å². The number of amides is 2. The van der Waals surface area contributed by atoms with E-state index in [1.54, 1.807) is 0 Å². The third kappa shape index (κ3) is 7.48.